The molecule has 0 saturated heterocycles. The molecule has 196 valence electrons. The van der Waals surface area contributed by atoms with Crippen LogP contribution >= 0.6 is 0 Å². The molecule has 0 amide bonds. The van der Waals surface area contributed by atoms with E-state index in [2.05, 4.69) is 161 Å². The van der Waals surface area contributed by atoms with Crippen LogP contribution in [0, 0.1) is 0 Å². The Morgan fingerprint density at radius 3 is 1.62 bits per heavy atom. The molecule has 2 heteroatoms. The predicted octanol–water partition coefficient (Wildman–Crippen LogP) is 10.9. The number of para-hydroxylation sites is 2. The first-order chi connectivity index (χ1) is 20.8. The number of hydrogen-bond acceptors (Lipinski definition) is 0. The van der Waals surface area contributed by atoms with Crippen LogP contribution in [0.15, 0.2) is 152 Å². The smallest absolute Gasteiger partial charge is 0.0627 e. The van der Waals surface area contributed by atoms with Gasteiger partial charge in [0.15, 0.2) is 0 Å². The molecule has 9 rings (SSSR count). The molecule has 9 aromatic rings. The van der Waals surface area contributed by atoms with Crippen LogP contribution in [0.4, 0.5) is 0 Å². The van der Waals surface area contributed by atoms with E-state index in [1.807, 2.05) is 0 Å². The highest BCUT2D eigenvalue weighted by Crippen LogP contribution is 2.44. The molecule has 42 heavy (non-hydrogen) atoms. The highest BCUT2D eigenvalue weighted by atomic mass is 15.0. The van der Waals surface area contributed by atoms with E-state index in [-0.39, 0.29) is 0 Å². The molecule has 0 unspecified atom stereocenters. The summed E-state index contributed by atoms with van der Waals surface area (Å²) in [5.41, 5.74) is 10.9. The van der Waals surface area contributed by atoms with Crippen molar-refractivity contribution in [2.75, 3.05) is 0 Å². The van der Waals surface area contributed by atoms with Gasteiger partial charge in [-0.3, -0.25) is 0 Å². The van der Waals surface area contributed by atoms with Crippen LogP contribution in [0.2, 0.25) is 0 Å². The first kappa shape index (κ1) is 23.1. The van der Waals surface area contributed by atoms with Crippen molar-refractivity contribution in [2.24, 2.45) is 0 Å². The molecule has 0 aliphatic carbocycles. The molecule has 0 fully saturated rings. The second kappa shape index (κ2) is 8.95. The SMILES string of the molecule is c1ccc(-c2ccc(-c3ccc(-n4c5ccccc5c5c6c7ccccc7[nH]c6c6ccccc6c54)cc3)cc2)cc1. The third-order valence-corrected chi connectivity index (χ3v) is 8.73. The lowest BCUT2D eigenvalue weighted by Gasteiger charge is -2.12. The van der Waals surface area contributed by atoms with Gasteiger partial charge in [-0.1, -0.05) is 127 Å². The fourth-order valence-electron chi connectivity index (χ4n) is 6.82. The molecular formula is C40H26N2. The Balaban J connectivity index is 1.28. The quantitative estimate of drug-likeness (QED) is 0.233. The molecule has 0 spiro atoms. The summed E-state index contributed by atoms with van der Waals surface area (Å²) in [5, 5.41) is 7.63. The Hall–Kier alpha value is -5.60. The molecule has 2 nitrogen and oxygen atoms in total. The van der Waals surface area contributed by atoms with Crippen molar-refractivity contribution in [3.05, 3.63) is 152 Å². The van der Waals surface area contributed by atoms with Gasteiger partial charge < -0.3 is 9.55 Å². The van der Waals surface area contributed by atoms with Gasteiger partial charge in [0.1, 0.15) is 0 Å². The second-order valence-electron chi connectivity index (χ2n) is 11.0. The Morgan fingerprint density at radius 1 is 0.381 bits per heavy atom. The zero-order valence-corrected chi connectivity index (χ0v) is 22.9. The highest BCUT2D eigenvalue weighted by molar-refractivity contribution is 6.36. The second-order valence-corrected chi connectivity index (χ2v) is 11.0. The van der Waals surface area contributed by atoms with E-state index >= 15 is 0 Å². The summed E-state index contributed by atoms with van der Waals surface area (Å²) in [6.45, 7) is 0. The summed E-state index contributed by atoms with van der Waals surface area (Å²) in [6, 6.07) is 54.7. The third kappa shape index (κ3) is 3.33. The van der Waals surface area contributed by atoms with Gasteiger partial charge in [0, 0.05) is 43.5 Å². The monoisotopic (exact) mass is 534 g/mol. The first-order valence-corrected chi connectivity index (χ1v) is 14.5. The zero-order valence-electron chi connectivity index (χ0n) is 22.9. The van der Waals surface area contributed by atoms with Crippen LogP contribution < -0.4 is 0 Å². The van der Waals surface area contributed by atoms with Gasteiger partial charge in [-0.2, -0.15) is 0 Å². The molecule has 0 bridgehead atoms. The van der Waals surface area contributed by atoms with Crippen molar-refractivity contribution in [3.63, 3.8) is 0 Å². The molecule has 2 aromatic heterocycles. The van der Waals surface area contributed by atoms with Gasteiger partial charge in [-0.05, 0) is 46.5 Å². The highest BCUT2D eigenvalue weighted by Gasteiger charge is 2.21. The first-order valence-electron chi connectivity index (χ1n) is 14.5. The summed E-state index contributed by atoms with van der Waals surface area (Å²) in [7, 11) is 0. The molecule has 0 radical (unpaired) electrons. The van der Waals surface area contributed by atoms with E-state index in [1.165, 1.54) is 76.6 Å². The Kier molecular flexibility index (Phi) is 4.93. The summed E-state index contributed by atoms with van der Waals surface area (Å²) in [4.78, 5) is 3.76. The van der Waals surface area contributed by atoms with Crippen molar-refractivity contribution in [1.82, 2.24) is 9.55 Å². The standard InChI is InChI=1S/C40H26N2/c1-2-10-26(11-3-1)27-18-20-28(21-19-27)29-22-24-30(25-23-29)42-36-17-9-7-15-34(36)38-37-33-14-6-8-16-35(33)41-39(37)31-12-4-5-13-32(31)40(38)42/h1-25,41H. The average Bonchev–Trinajstić information content (AvgIpc) is 3.62. The van der Waals surface area contributed by atoms with E-state index in [0.29, 0.717) is 0 Å². The van der Waals surface area contributed by atoms with E-state index in [1.54, 1.807) is 0 Å². The minimum atomic E-state index is 1.16. The molecule has 0 atom stereocenters. The van der Waals surface area contributed by atoms with Crippen LogP contribution in [-0.2, 0) is 0 Å². The maximum atomic E-state index is 3.76. The van der Waals surface area contributed by atoms with Crippen molar-refractivity contribution in [1.29, 1.82) is 0 Å². The molecule has 0 saturated carbocycles. The fourth-order valence-corrected chi connectivity index (χ4v) is 6.82. The van der Waals surface area contributed by atoms with Gasteiger partial charge in [0.25, 0.3) is 0 Å². The van der Waals surface area contributed by atoms with Crippen molar-refractivity contribution in [2.45, 2.75) is 0 Å². The van der Waals surface area contributed by atoms with E-state index in [0.717, 1.165) is 5.69 Å². The summed E-state index contributed by atoms with van der Waals surface area (Å²) >= 11 is 0. The maximum absolute atomic E-state index is 3.76. The lowest BCUT2D eigenvalue weighted by Crippen LogP contribution is -1.95. The van der Waals surface area contributed by atoms with Gasteiger partial charge in [-0.15, -0.1) is 0 Å². The molecule has 1 N–H and O–H groups in total. The number of fused-ring (bicyclic) bond motifs is 10. The van der Waals surface area contributed by atoms with Crippen LogP contribution in [0.25, 0.3) is 82.3 Å². The minimum Gasteiger partial charge on any atom is -0.354 e. The number of hydrogen-bond donors (Lipinski definition) is 1. The Labute approximate surface area is 243 Å². The van der Waals surface area contributed by atoms with Crippen molar-refractivity contribution >= 4 is 54.4 Å². The Bertz CT molecular complexity index is 2420. The van der Waals surface area contributed by atoms with Crippen LogP contribution in [0.5, 0.6) is 0 Å². The number of nitrogens with zero attached hydrogens (tertiary/aromatic N) is 1. The normalized spacial score (nSPS) is 11.8. The van der Waals surface area contributed by atoms with Crippen molar-refractivity contribution < 1.29 is 0 Å². The number of aromatic nitrogens is 2. The number of rotatable bonds is 3. The molecular weight excluding hydrogens is 508 g/mol. The topological polar surface area (TPSA) is 20.7 Å². The number of H-pyrrole nitrogens is 1. The van der Waals surface area contributed by atoms with Gasteiger partial charge in [0.05, 0.1) is 16.6 Å². The maximum Gasteiger partial charge on any atom is 0.0627 e. The van der Waals surface area contributed by atoms with E-state index < -0.39 is 0 Å². The number of nitrogens with one attached hydrogen (secondary N) is 1. The fraction of sp³-hybridized carbons (Fsp3) is 0. The van der Waals surface area contributed by atoms with Crippen LogP contribution in [-0.4, -0.2) is 9.55 Å². The van der Waals surface area contributed by atoms with E-state index in [9.17, 15) is 0 Å². The van der Waals surface area contributed by atoms with Gasteiger partial charge >= 0.3 is 0 Å². The van der Waals surface area contributed by atoms with E-state index in [4.69, 9.17) is 0 Å². The number of aromatic amines is 1. The Morgan fingerprint density at radius 2 is 0.905 bits per heavy atom. The largest absolute Gasteiger partial charge is 0.354 e. The lowest BCUT2D eigenvalue weighted by molar-refractivity contribution is 1.19. The van der Waals surface area contributed by atoms with Crippen LogP contribution in [0.1, 0.15) is 0 Å². The molecule has 7 aromatic carbocycles. The minimum absolute atomic E-state index is 1.16. The summed E-state index contributed by atoms with van der Waals surface area (Å²) in [6.07, 6.45) is 0. The summed E-state index contributed by atoms with van der Waals surface area (Å²) in [5.74, 6) is 0. The predicted molar refractivity (Wildman–Crippen MR) is 179 cm³/mol. The lowest BCUT2D eigenvalue weighted by atomic mass is 9.99. The molecule has 0 aliphatic rings. The van der Waals surface area contributed by atoms with Gasteiger partial charge in [-0.25, -0.2) is 0 Å². The summed E-state index contributed by atoms with van der Waals surface area (Å²) < 4.78 is 2.45. The van der Waals surface area contributed by atoms with Crippen LogP contribution in [0.3, 0.4) is 0 Å². The zero-order chi connectivity index (χ0) is 27.6. The molecule has 2 heterocycles. The third-order valence-electron chi connectivity index (χ3n) is 8.73. The number of benzene rings is 7. The van der Waals surface area contributed by atoms with Gasteiger partial charge in [0.2, 0.25) is 0 Å². The van der Waals surface area contributed by atoms with Crippen molar-refractivity contribution in [3.8, 4) is 27.9 Å². The molecule has 0 aliphatic heterocycles. The average molecular weight is 535 g/mol.